The van der Waals surface area contributed by atoms with Crippen molar-refractivity contribution in [3.63, 3.8) is 0 Å². The summed E-state index contributed by atoms with van der Waals surface area (Å²) in [6.07, 6.45) is 4.62. The number of hydrogen-bond donors (Lipinski definition) is 1. The third-order valence-electron chi connectivity index (χ3n) is 5.91. The van der Waals surface area contributed by atoms with Crippen molar-refractivity contribution in [2.75, 3.05) is 36.0 Å². The lowest BCUT2D eigenvalue weighted by molar-refractivity contribution is -0.126. The van der Waals surface area contributed by atoms with E-state index in [2.05, 4.69) is 34.5 Å². The van der Waals surface area contributed by atoms with Crippen molar-refractivity contribution >= 4 is 23.2 Å². The Labute approximate surface area is 172 Å². The van der Waals surface area contributed by atoms with Gasteiger partial charge >= 0.3 is 0 Å². The Morgan fingerprint density at radius 1 is 0.966 bits per heavy atom. The van der Waals surface area contributed by atoms with Crippen LogP contribution in [0.1, 0.15) is 31.2 Å². The van der Waals surface area contributed by atoms with E-state index in [4.69, 9.17) is 0 Å². The molecule has 2 aliphatic heterocycles. The van der Waals surface area contributed by atoms with Gasteiger partial charge in [-0.15, -0.1) is 0 Å². The van der Waals surface area contributed by atoms with Crippen molar-refractivity contribution in [1.29, 1.82) is 0 Å². The zero-order valence-corrected chi connectivity index (χ0v) is 16.8. The molecule has 2 amide bonds. The van der Waals surface area contributed by atoms with Crippen molar-refractivity contribution < 1.29 is 9.59 Å². The molecule has 0 spiro atoms. The van der Waals surface area contributed by atoms with Crippen LogP contribution in [0.4, 0.5) is 11.4 Å². The largest absolute Gasteiger partial charge is 0.372 e. The van der Waals surface area contributed by atoms with Gasteiger partial charge in [-0.1, -0.05) is 30.3 Å². The van der Waals surface area contributed by atoms with Gasteiger partial charge in [-0.3, -0.25) is 9.59 Å². The molecule has 4 rings (SSSR count). The topological polar surface area (TPSA) is 52.7 Å². The smallest absolute Gasteiger partial charge is 0.227 e. The number of rotatable bonds is 7. The van der Waals surface area contributed by atoms with Gasteiger partial charge in [0.1, 0.15) is 0 Å². The van der Waals surface area contributed by atoms with E-state index < -0.39 is 0 Å². The van der Waals surface area contributed by atoms with Crippen molar-refractivity contribution in [1.82, 2.24) is 5.32 Å². The first-order valence-electron chi connectivity index (χ1n) is 10.7. The molecule has 2 saturated heterocycles. The van der Waals surface area contributed by atoms with E-state index in [-0.39, 0.29) is 17.7 Å². The van der Waals surface area contributed by atoms with E-state index in [1.807, 2.05) is 30.3 Å². The quantitative estimate of drug-likeness (QED) is 0.736. The molecule has 1 N–H and O–H groups in total. The molecule has 152 valence electrons. The van der Waals surface area contributed by atoms with Crippen LogP contribution in [0.25, 0.3) is 0 Å². The van der Waals surface area contributed by atoms with Crippen LogP contribution in [0.3, 0.4) is 0 Å². The molecule has 1 atom stereocenters. The lowest BCUT2D eigenvalue weighted by atomic mass is 10.1. The number of carbonyl (C=O) groups is 2. The van der Waals surface area contributed by atoms with Crippen molar-refractivity contribution in [2.45, 2.75) is 32.1 Å². The zero-order chi connectivity index (χ0) is 20.1. The molecule has 0 saturated carbocycles. The van der Waals surface area contributed by atoms with Gasteiger partial charge < -0.3 is 15.1 Å². The zero-order valence-electron chi connectivity index (χ0n) is 16.8. The van der Waals surface area contributed by atoms with Gasteiger partial charge in [0, 0.05) is 44.0 Å². The number of carbonyl (C=O) groups excluding carboxylic acids is 2. The van der Waals surface area contributed by atoms with Crippen LogP contribution < -0.4 is 15.1 Å². The summed E-state index contributed by atoms with van der Waals surface area (Å²) in [4.78, 5) is 29.1. The first-order chi connectivity index (χ1) is 14.2. The first-order valence-corrected chi connectivity index (χ1v) is 10.7. The third kappa shape index (κ3) is 4.78. The van der Waals surface area contributed by atoms with E-state index >= 15 is 0 Å². The van der Waals surface area contributed by atoms with Gasteiger partial charge in [-0.05, 0) is 55.5 Å². The maximum absolute atomic E-state index is 12.5. The van der Waals surface area contributed by atoms with Gasteiger partial charge in [0.15, 0.2) is 0 Å². The summed E-state index contributed by atoms with van der Waals surface area (Å²) in [5.41, 5.74) is 3.38. The van der Waals surface area contributed by atoms with Crippen LogP contribution in [0.15, 0.2) is 54.6 Å². The second kappa shape index (κ2) is 9.12. The lowest BCUT2D eigenvalue weighted by Crippen LogP contribution is -2.33. The summed E-state index contributed by atoms with van der Waals surface area (Å²) in [6, 6.07) is 18.5. The van der Waals surface area contributed by atoms with Crippen molar-refractivity contribution in [2.24, 2.45) is 5.92 Å². The average molecular weight is 392 g/mol. The Kier molecular flexibility index (Phi) is 6.13. The molecule has 29 heavy (non-hydrogen) atoms. The standard InChI is InChI=1S/C24H29N3O2/c28-23-17-20(24(29)25-14-6-9-19-7-2-1-3-8-19)18-27(23)22-12-10-21(11-13-22)26-15-4-5-16-26/h1-3,7-8,10-13,20H,4-6,9,14-18H2,(H,25,29). The van der Waals surface area contributed by atoms with Crippen molar-refractivity contribution in [3.8, 4) is 0 Å². The molecule has 1 unspecified atom stereocenters. The fraction of sp³-hybridized carbons (Fsp3) is 0.417. The molecule has 0 aromatic heterocycles. The van der Waals surface area contributed by atoms with Crippen LogP contribution in [0.2, 0.25) is 0 Å². The normalized spacial score (nSPS) is 19.0. The average Bonchev–Trinajstić information content (AvgIpc) is 3.42. The summed E-state index contributed by atoms with van der Waals surface area (Å²) in [6.45, 7) is 3.32. The Hall–Kier alpha value is -2.82. The first kappa shape index (κ1) is 19.5. The minimum Gasteiger partial charge on any atom is -0.372 e. The van der Waals surface area contributed by atoms with Crippen LogP contribution in [-0.2, 0) is 16.0 Å². The van der Waals surface area contributed by atoms with Gasteiger partial charge in [0.25, 0.3) is 0 Å². The van der Waals surface area contributed by atoms with Gasteiger partial charge in [-0.25, -0.2) is 0 Å². The van der Waals surface area contributed by atoms with Gasteiger partial charge in [0.2, 0.25) is 11.8 Å². The Bertz CT molecular complexity index is 829. The van der Waals surface area contributed by atoms with E-state index in [0.29, 0.717) is 19.5 Å². The van der Waals surface area contributed by atoms with E-state index in [0.717, 1.165) is 31.6 Å². The molecule has 2 heterocycles. The summed E-state index contributed by atoms with van der Waals surface area (Å²) in [7, 11) is 0. The monoisotopic (exact) mass is 391 g/mol. The predicted molar refractivity (Wildman–Crippen MR) is 116 cm³/mol. The fourth-order valence-corrected chi connectivity index (χ4v) is 4.24. The third-order valence-corrected chi connectivity index (χ3v) is 5.91. The molecule has 0 radical (unpaired) electrons. The minimum atomic E-state index is -0.266. The molecule has 5 nitrogen and oxygen atoms in total. The molecular formula is C24H29N3O2. The lowest BCUT2D eigenvalue weighted by Gasteiger charge is -2.20. The van der Waals surface area contributed by atoms with Crippen molar-refractivity contribution in [3.05, 3.63) is 60.2 Å². The van der Waals surface area contributed by atoms with Crippen LogP contribution in [0, 0.1) is 5.92 Å². The molecule has 0 bridgehead atoms. The highest BCUT2D eigenvalue weighted by atomic mass is 16.2. The number of aryl methyl sites for hydroxylation is 1. The summed E-state index contributed by atoms with van der Waals surface area (Å²) in [5.74, 6) is -0.247. The fourth-order valence-electron chi connectivity index (χ4n) is 4.24. The SMILES string of the molecule is O=C(NCCCc1ccccc1)C1CC(=O)N(c2ccc(N3CCCC3)cc2)C1. The van der Waals surface area contributed by atoms with Crippen LogP contribution in [0.5, 0.6) is 0 Å². The number of anilines is 2. The Balaban J connectivity index is 1.26. The number of benzene rings is 2. The maximum atomic E-state index is 12.5. The van der Waals surface area contributed by atoms with Crippen LogP contribution in [-0.4, -0.2) is 38.0 Å². The summed E-state index contributed by atoms with van der Waals surface area (Å²) in [5, 5.41) is 3.01. The highest BCUT2D eigenvalue weighted by Crippen LogP contribution is 2.28. The molecule has 0 aliphatic carbocycles. The van der Waals surface area contributed by atoms with E-state index in [1.54, 1.807) is 4.90 Å². The molecule has 5 heteroatoms. The highest BCUT2D eigenvalue weighted by molar-refractivity contribution is 6.00. The summed E-state index contributed by atoms with van der Waals surface area (Å²) < 4.78 is 0. The molecule has 2 aliphatic rings. The maximum Gasteiger partial charge on any atom is 0.227 e. The van der Waals surface area contributed by atoms with Crippen LogP contribution >= 0.6 is 0 Å². The second-order valence-electron chi connectivity index (χ2n) is 8.00. The Morgan fingerprint density at radius 2 is 1.66 bits per heavy atom. The summed E-state index contributed by atoms with van der Waals surface area (Å²) >= 11 is 0. The number of nitrogens with one attached hydrogen (secondary N) is 1. The second-order valence-corrected chi connectivity index (χ2v) is 8.00. The molecular weight excluding hydrogens is 362 g/mol. The molecule has 2 fully saturated rings. The van der Waals surface area contributed by atoms with E-state index in [9.17, 15) is 9.59 Å². The minimum absolute atomic E-state index is 0.0115. The molecule has 2 aromatic rings. The highest BCUT2D eigenvalue weighted by Gasteiger charge is 2.35. The predicted octanol–water partition coefficient (Wildman–Crippen LogP) is 3.39. The van der Waals surface area contributed by atoms with Gasteiger partial charge in [-0.2, -0.15) is 0 Å². The van der Waals surface area contributed by atoms with E-state index in [1.165, 1.54) is 24.1 Å². The number of amides is 2. The molecule has 2 aromatic carbocycles. The number of nitrogens with zero attached hydrogens (tertiary/aromatic N) is 2. The number of hydrogen-bond acceptors (Lipinski definition) is 3. The Morgan fingerprint density at radius 3 is 2.38 bits per heavy atom. The van der Waals surface area contributed by atoms with Gasteiger partial charge in [0.05, 0.1) is 5.92 Å².